The second kappa shape index (κ2) is 6.13. The Balaban J connectivity index is 2.38. The molecule has 110 valence electrons. The third kappa shape index (κ3) is 2.45. The maximum atomic E-state index is 12.8. The predicted molar refractivity (Wildman–Crippen MR) is 77.2 cm³/mol. The molecule has 2 unspecified atom stereocenters. The molecule has 2 atom stereocenters. The maximum Gasteiger partial charge on any atom is 0.261 e. The average molecular weight is 278 g/mol. The fraction of sp³-hybridized carbons (Fsp3) is 0.533. The van der Waals surface area contributed by atoms with Gasteiger partial charge < -0.3 is 20.1 Å². The maximum absolute atomic E-state index is 12.8. The summed E-state index contributed by atoms with van der Waals surface area (Å²) in [5.74, 6) is 1.41. The molecular weight excluding hydrogens is 256 g/mol. The summed E-state index contributed by atoms with van der Waals surface area (Å²) in [6.45, 7) is 3.33. The highest BCUT2D eigenvalue weighted by Crippen LogP contribution is 2.33. The average Bonchev–Trinajstić information content (AvgIpc) is 2.86. The lowest BCUT2D eigenvalue weighted by Gasteiger charge is -2.27. The molecule has 0 saturated carbocycles. The van der Waals surface area contributed by atoms with E-state index < -0.39 is 0 Å². The molecule has 1 aliphatic heterocycles. The zero-order valence-electron chi connectivity index (χ0n) is 12.3. The van der Waals surface area contributed by atoms with Crippen LogP contribution in [-0.4, -0.2) is 44.2 Å². The minimum Gasteiger partial charge on any atom is -0.496 e. The number of hydrogen-bond donors (Lipinski definition) is 1. The van der Waals surface area contributed by atoms with Crippen LogP contribution in [0.3, 0.4) is 0 Å². The minimum atomic E-state index is -0.0703. The van der Waals surface area contributed by atoms with Crippen molar-refractivity contribution in [1.82, 2.24) is 4.90 Å². The number of likely N-dealkylation sites (tertiary alicyclic amines) is 1. The first-order valence-electron chi connectivity index (χ1n) is 6.86. The molecule has 1 aromatic rings. The largest absolute Gasteiger partial charge is 0.496 e. The summed E-state index contributed by atoms with van der Waals surface area (Å²) in [7, 11) is 3.11. The number of nitrogens with zero attached hydrogens (tertiary/aromatic N) is 1. The molecular formula is C15H22N2O3. The van der Waals surface area contributed by atoms with E-state index in [0.29, 0.717) is 29.5 Å². The van der Waals surface area contributed by atoms with E-state index in [1.807, 2.05) is 11.0 Å². The molecule has 2 N–H and O–H groups in total. The van der Waals surface area contributed by atoms with Gasteiger partial charge in [0.15, 0.2) is 0 Å². The Bertz CT molecular complexity index is 468. The smallest absolute Gasteiger partial charge is 0.261 e. The topological polar surface area (TPSA) is 64.8 Å². The van der Waals surface area contributed by atoms with Crippen LogP contribution in [0.1, 0.15) is 23.7 Å². The summed E-state index contributed by atoms with van der Waals surface area (Å²) in [6, 6.07) is 5.43. The molecule has 1 saturated heterocycles. The monoisotopic (exact) mass is 278 g/mol. The first kappa shape index (κ1) is 14.7. The lowest BCUT2D eigenvalue weighted by Crippen LogP contribution is -2.42. The summed E-state index contributed by atoms with van der Waals surface area (Å²) >= 11 is 0. The van der Waals surface area contributed by atoms with Crippen molar-refractivity contribution >= 4 is 5.91 Å². The van der Waals surface area contributed by atoms with Crippen molar-refractivity contribution < 1.29 is 14.3 Å². The molecule has 0 radical (unpaired) electrons. The second-order valence-corrected chi connectivity index (χ2v) is 5.11. The van der Waals surface area contributed by atoms with Gasteiger partial charge >= 0.3 is 0 Å². The zero-order valence-corrected chi connectivity index (χ0v) is 12.3. The number of methoxy groups -OCH3 is 2. The third-order valence-corrected chi connectivity index (χ3v) is 4.03. The molecule has 0 bridgehead atoms. The van der Waals surface area contributed by atoms with E-state index in [-0.39, 0.29) is 11.9 Å². The number of amides is 1. The molecule has 5 nitrogen and oxygen atoms in total. The molecule has 5 heteroatoms. The van der Waals surface area contributed by atoms with Gasteiger partial charge in [0.05, 0.1) is 14.2 Å². The molecule has 20 heavy (non-hydrogen) atoms. The molecule has 1 aliphatic rings. The molecule has 1 amide bonds. The van der Waals surface area contributed by atoms with Crippen molar-refractivity contribution in [2.24, 2.45) is 11.7 Å². The van der Waals surface area contributed by atoms with Gasteiger partial charge in [-0.2, -0.15) is 0 Å². The van der Waals surface area contributed by atoms with Crippen molar-refractivity contribution in [1.29, 1.82) is 0 Å². The van der Waals surface area contributed by atoms with E-state index in [4.69, 9.17) is 15.2 Å². The molecule has 1 fully saturated rings. The molecule has 2 rings (SSSR count). The number of hydrogen-bond acceptors (Lipinski definition) is 4. The SMILES string of the molecule is COc1cccc(OC)c1C(=O)N1CCC(C)C1CN. The van der Waals surface area contributed by atoms with Crippen LogP contribution in [0.5, 0.6) is 11.5 Å². The minimum absolute atomic E-state index is 0.0703. The van der Waals surface area contributed by atoms with Gasteiger partial charge in [-0.05, 0) is 24.5 Å². The zero-order chi connectivity index (χ0) is 14.7. The van der Waals surface area contributed by atoms with Gasteiger partial charge in [0.1, 0.15) is 17.1 Å². The first-order valence-corrected chi connectivity index (χ1v) is 6.86. The van der Waals surface area contributed by atoms with E-state index in [1.54, 1.807) is 26.4 Å². The van der Waals surface area contributed by atoms with Gasteiger partial charge in [0.25, 0.3) is 5.91 Å². The fourth-order valence-electron chi connectivity index (χ4n) is 2.83. The van der Waals surface area contributed by atoms with Crippen molar-refractivity contribution in [2.75, 3.05) is 27.3 Å². The van der Waals surface area contributed by atoms with Gasteiger partial charge in [-0.15, -0.1) is 0 Å². The van der Waals surface area contributed by atoms with Gasteiger partial charge in [0, 0.05) is 19.1 Å². The number of rotatable bonds is 4. The molecule has 0 aromatic heterocycles. The second-order valence-electron chi connectivity index (χ2n) is 5.11. The summed E-state index contributed by atoms with van der Waals surface area (Å²) in [5.41, 5.74) is 6.29. The fourth-order valence-corrected chi connectivity index (χ4v) is 2.83. The Morgan fingerprint density at radius 1 is 1.35 bits per heavy atom. The standard InChI is InChI=1S/C15H22N2O3/c1-10-7-8-17(11(10)9-16)15(18)14-12(19-2)5-4-6-13(14)20-3/h4-6,10-11H,7-9,16H2,1-3H3. The van der Waals surface area contributed by atoms with Crippen LogP contribution < -0.4 is 15.2 Å². The predicted octanol–water partition coefficient (Wildman–Crippen LogP) is 1.51. The Hall–Kier alpha value is -1.75. The van der Waals surface area contributed by atoms with E-state index in [9.17, 15) is 4.79 Å². The normalized spacial score (nSPS) is 21.9. The lowest BCUT2D eigenvalue weighted by atomic mass is 10.0. The van der Waals surface area contributed by atoms with Crippen LogP contribution in [0, 0.1) is 5.92 Å². The van der Waals surface area contributed by atoms with E-state index >= 15 is 0 Å². The van der Waals surface area contributed by atoms with Crippen LogP contribution in [0.2, 0.25) is 0 Å². The Morgan fingerprint density at radius 2 is 1.95 bits per heavy atom. The van der Waals surface area contributed by atoms with Crippen molar-refractivity contribution in [3.8, 4) is 11.5 Å². The summed E-state index contributed by atoms with van der Waals surface area (Å²) < 4.78 is 10.6. The molecule has 1 heterocycles. The van der Waals surface area contributed by atoms with Crippen molar-refractivity contribution in [2.45, 2.75) is 19.4 Å². The van der Waals surface area contributed by atoms with Gasteiger partial charge in [-0.3, -0.25) is 4.79 Å². The Labute approximate surface area is 119 Å². The number of carbonyl (C=O) groups is 1. The summed E-state index contributed by atoms with van der Waals surface area (Å²) in [5, 5.41) is 0. The molecule has 0 aliphatic carbocycles. The van der Waals surface area contributed by atoms with Crippen LogP contribution in [0.25, 0.3) is 0 Å². The lowest BCUT2D eigenvalue weighted by molar-refractivity contribution is 0.0720. The quantitative estimate of drug-likeness (QED) is 0.906. The summed E-state index contributed by atoms with van der Waals surface area (Å²) in [4.78, 5) is 14.7. The van der Waals surface area contributed by atoms with E-state index in [2.05, 4.69) is 6.92 Å². The highest BCUT2D eigenvalue weighted by Gasteiger charge is 2.35. The van der Waals surface area contributed by atoms with E-state index in [0.717, 1.165) is 13.0 Å². The number of ether oxygens (including phenoxy) is 2. The number of carbonyl (C=O) groups excluding carboxylic acids is 1. The third-order valence-electron chi connectivity index (χ3n) is 4.03. The van der Waals surface area contributed by atoms with Crippen molar-refractivity contribution in [3.63, 3.8) is 0 Å². The van der Waals surface area contributed by atoms with Crippen LogP contribution >= 0.6 is 0 Å². The van der Waals surface area contributed by atoms with Gasteiger partial charge in [0.2, 0.25) is 0 Å². The van der Waals surface area contributed by atoms with Gasteiger partial charge in [-0.25, -0.2) is 0 Å². The highest BCUT2D eigenvalue weighted by atomic mass is 16.5. The van der Waals surface area contributed by atoms with Crippen LogP contribution in [0.15, 0.2) is 18.2 Å². The Morgan fingerprint density at radius 3 is 2.45 bits per heavy atom. The first-order chi connectivity index (χ1) is 9.63. The number of nitrogens with two attached hydrogens (primary N) is 1. The van der Waals surface area contributed by atoms with Crippen LogP contribution in [0.4, 0.5) is 0 Å². The van der Waals surface area contributed by atoms with Crippen LogP contribution in [-0.2, 0) is 0 Å². The van der Waals surface area contributed by atoms with E-state index in [1.165, 1.54) is 0 Å². The van der Waals surface area contributed by atoms with Gasteiger partial charge in [-0.1, -0.05) is 13.0 Å². The molecule has 1 aromatic carbocycles. The van der Waals surface area contributed by atoms with Crippen molar-refractivity contribution in [3.05, 3.63) is 23.8 Å². The highest BCUT2D eigenvalue weighted by molar-refractivity contribution is 6.00. The molecule has 0 spiro atoms. The number of benzene rings is 1. The summed E-state index contributed by atoms with van der Waals surface area (Å²) in [6.07, 6.45) is 0.977. The Kier molecular flexibility index (Phi) is 4.49.